The standard InChI is InChI=1S/C32H37F5N2O3/c1-6-22(15-20(3)30(33)34)29(31(41)38-18-27-25-17-26(27)24-11-10-23(25)16-24)39(14-13-32(35,36)37)28(40)12-8-19(2)7-9-21(4)42-5/h6-7,9,15,27,29-30H,1-4,8,10-14,16-18H2,5H3,(H,38,41)/b9-7-,22-15+. The van der Waals surface area contributed by atoms with Crippen LogP contribution in [0, 0.1) is 5.92 Å². The number of allylic oxidation sites excluding steroid dienone is 7. The highest BCUT2D eigenvalue weighted by Crippen LogP contribution is 2.55. The van der Waals surface area contributed by atoms with Crippen LogP contribution in [0.3, 0.4) is 0 Å². The van der Waals surface area contributed by atoms with Crippen molar-refractivity contribution < 1.29 is 36.3 Å². The second kappa shape index (κ2) is 14.0. The van der Waals surface area contributed by atoms with E-state index in [9.17, 15) is 31.5 Å². The first kappa shape index (κ1) is 32.8. The molecule has 0 aromatic heterocycles. The molecule has 2 amide bonds. The quantitative estimate of drug-likeness (QED) is 0.0905. The van der Waals surface area contributed by atoms with Gasteiger partial charge in [0.25, 0.3) is 6.43 Å². The van der Waals surface area contributed by atoms with E-state index in [0.717, 1.165) is 42.7 Å². The number of hydrogen-bond acceptors (Lipinski definition) is 3. The summed E-state index contributed by atoms with van der Waals surface area (Å²) in [5.41, 5.74) is 4.97. The predicted octanol–water partition coefficient (Wildman–Crippen LogP) is 7.05. The first-order valence-electron chi connectivity index (χ1n) is 13.7. The number of hydrogen-bond donors (Lipinski definition) is 1. The molecule has 0 radical (unpaired) electrons. The molecule has 228 valence electrons. The van der Waals surface area contributed by atoms with Crippen molar-refractivity contribution in [1.29, 1.82) is 0 Å². The molecule has 0 aromatic rings. The highest BCUT2D eigenvalue weighted by molar-refractivity contribution is 5.91. The van der Waals surface area contributed by atoms with Crippen molar-refractivity contribution in [3.8, 4) is 0 Å². The van der Waals surface area contributed by atoms with Gasteiger partial charge in [-0.05, 0) is 49.8 Å². The van der Waals surface area contributed by atoms with E-state index in [2.05, 4.69) is 31.6 Å². The van der Waals surface area contributed by atoms with E-state index in [0.29, 0.717) is 11.3 Å². The maximum absolute atomic E-state index is 13.7. The normalized spacial score (nSPS) is 17.4. The van der Waals surface area contributed by atoms with E-state index in [4.69, 9.17) is 4.74 Å². The molecule has 42 heavy (non-hydrogen) atoms. The molecule has 4 rings (SSSR count). The largest absolute Gasteiger partial charge is 0.497 e. The van der Waals surface area contributed by atoms with Crippen LogP contribution >= 0.6 is 0 Å². The van der Waals surface area contributed by atoms with Gasteiger partial charge in [0.2, 0.25) is 11.8 Å². The summed E-state index contributed by atoms with van der Waals surface area (Å²) in [6.45, 7) is 13.7. The van der Waals surface area contributed by atoms with Crippen molar-refractivity contribution in [2.45, 2.75) is 63.6 Å². The number of nitrogens with zero attached hydrogens (tertiary/aromatic N) is 1. The Morgan fingerprint density at radius 2 is 1.71 bits per heavy atom. The van der Waals surface area contributed by atoms with Crippen molar-refractivity contribution in [1.82, 2.24) is 10.2 Å². The lowest BCUT2D eigenvalue weighted by Crippen LogP contribution is -2.52. The number of halogens is 5. The number of alkyl halides is 5. The molecule has 2 saturated carbocycles. The van der Waals surface area contributed by atoms with Gasteiger partial charge in [-0.3, -0.25) is 9.59 Å². The lowest BCUT2D eigenvalue weighted by atomic mass is 9.67. The minimum Gasteiger partial charge on any atom is -0.497 e. The molecule has 4 aliphatic rings. The van der Waals surface area contributed by atoms with Gasteiger partial charge in [-0.2, -0.15) is 13.2 Å². The van der Waals surface area contributed by atoms with E-state index in [1.54, 1.807) is 6.08 Å². The Kier molecular flexibility index (Phi) is 10.9. The van der Waals surface area contributed by atoms with Gasteiger partial charge in [0.15, 0.2) is 0 Å². The Labute approximate surface area is 243 Å². The number of ether oxygens (including phenoxy) is 1. The lowest BCUT2D eigenvalue weighted by Gasteiger charge is -2.40. The summed E-state index contributed by atoms with van der Waals surface area (Å²) in [6, 6.07) is -1.63. The summed E-state index contributed by atoms with van der Waals surface area (Å²) in [6.07, 6.45) is -0.301. The van der Waals surface area contributed by atoms with Crippen LogP contribution in [0.1, 0.15) is 44.9 Å². The van der Waals surface area contributed by atoms with Gasteiger partial charge < -0.3 is 15.0 Å². The molecule has 4 bridgehead atoms. The molecule has 1 N–H and O–H groups in total. The fourth-order valence-corrected chi connectivity index (χ4v) is 5.52. The molecule has 5 nitrogen and oxygen atoms in total. The third-order valence-corrected chi connectivity index (χ3v) is 7.89. The van der Waals surface area contributed by atoms with Gasteiger partial charge in [0, 0.05) is 31.0 Å². The van der Waals surface area contributed by atoms with Crippen molar-refractivity contribution >= 4 is 11.8 Å². The predicted molar refractivity (Wildman–Crippen MR) is 152 cm³/mol. The Hall–Kier alpha value is -3.69. The van der Waals surface area contributed by atoms with Crippen LogP contribution in [0.4, 0.5) is 22.0 Å². The number of amides is 2. The first-order valence-corrected chi connectivity index (χ1v) is 13.7. The van der Waals surface area contributed by atoms with Crippen LogP contribution in [-0.2, 0) is 14.3 Å². The molecule has 0 aromatic carbocycles. The van der Waals surface area contributed by atoms with Crippen LogP contribution < -0.4 is 5.32 Å². The minimum absolute atomic E-state index is 0.0272. The highest BCUT2D eigenvalue weighted by Gasteiger charge is 2.42. The second-order valence-corrected chi connectivity index (χ2v) is 10.6. The maximum atomic E-state index is 13.7. The zero-order valence-electron chi connectivity index (χ0n) is 23.8. The summed E-state index contributed by atoms with van der Waals surface area (Å²) in [4.78, 5) is 27.9. The Morgan fingerprint density at radius 3 is 2.26 bits per heavy atom. The van der Waals surface area contributed by atoms with Crippen LogP contribution in [0.2, 0.25) is 0 Å². The third kappa shape index (κ3) is 8.20. The van der Waals surface area contributed by atoms with Crippen molar-refractivity contribution in [2.24, 2.45) is 5.92 Å². The van der Waals surface area contributed by atoms with E-state index < -0.39 is 49.0 Å². The molecule has 1 unspecified atom stereocenters. The number of nitrogens with one attached hydrogen (secondary N) is 1. The van der Waals surface area contributed by atoms with Crippen molar-refractivity contribution in [3.63, 3.8) is 0 Å². The molecule has 0 saturated heterocycles. The maximum Gasteiger partial charge on any atom is 0.390 e. The fraction of sp³-hybridized carbons (Fsp3) is 0.438. The van der Waals surface area contributed by atoms with E-state index in [1.165, 1.54) is 35.5 Å². The van der Waals surface area contributed by atoms with Crippen molar-refractivity contribution in [2.75, 3.05) is 20.2 Å². The Balaban J connectivity index is 1.88. The third-order valence-electron chi connectivity index (χ3n) is 7.89. The molecule has 1 atom stereocenters. The summed E-state index contributed by atoms with van der Waals surface area (Å²) in [5, 5.41) is 2.80. The van der Waals surface area contributed by atoms with Crippen molar-refractivity contribution in [3.05, 3.63) is 95.4 Å². The lowest BCUT2D eigenvalue weighted by molar-refractivity contribution is -0.150. The van der Waals surface area contributed by atoms with Gasteiger partial charge in [-0.15, -0.1) is 0 Å². The molecular formula is C32H37F5N2O3. The van der Waals surface area contributed by atoms with Gasteiger partial charge in [0.05, 0.1) is 13.5 Å². The first-order chi connectivity index (χ1) is 19.7. The van der Waals surface area contributed by atoms with Gasteiger partial charge >= 0.3 is 6.18 Å². The topological polar surface area (TPSA) is 58.6 Å². The fourth-order valence-electron chi connectivity index (χ4n) is 5.52. The zero-order chi connectivity index (χ0) is 31.2. The van der Waals surface area contributed by atoms with Gasteiger partial charge in [-0.1, -0.05) is 66.3 Å². The van der Waals surface area contributed by atoms with Crippen LogP contribution in [0.25, 0.3) is 0 Å². The highest BCUT2D eigenvalue weighted by atomic mass is 19.4. The van der Waals surface area contributed by atoms with Gasteiger partial charge in [0.1, 0.15) is 11.8 Å². The summed E-state index contributed by atoms with van der Waals surface area (Å²) >= 11 is 0. The molecule has 10 heteroatoms. The van der Waals surface area contributed by atoms with Crippen LogP contribution in [0.15, 0.2) is 95.4 Å². The van der Waals surface area contributed by atoms with Crippen LogP contribution in [-0.4, -0.2) is 55.6 Å². The minimum atomic E-state index is -4.64. The SMILES string of the molecule is C=C/C(=C\C(=C)C(F)F)C(C(=O)NCC1C2=C3CCC(=C1C2)C3)N(CCC(F)(F)F)C(=O)CCC(=C)/C=C\C(=C)OC. The summed E-state index contributed by atoms with van der Waals surface area (Å²) in [7, 11) is 1.42. The number of carbonyl (C=O) groups excluding carboxylic acids is 2. The second-order valence-electron chi connectivity index (χ2n) is 10.6. The molecule has 0 heterocycles. The Bertz CT molecular complexity index is 1240. The number of methoxy groups -OCH3 is 1. The van der Waals surface area contributed by atoms with Crippen LogP contribution in [0.5, 0.6) is 0 Å². The van der Waals surface area contributed by atoms with E-state index in [-0.39, 0.29) is 30.9 Å². The zero-order valence-corrected chi connectivity index (χ0v) is 23.8. The molecule has 2 fully saturated rings. The molecule has 0 aliphatic heterocycles. The average molecular weight is 593 g/mol. The van der Waals surface area contributed by atoms with Gasteiger partial charge in [-0.25, -0.2) is 8.78 Å². The molecular weight excluding hydrogens is 555 g/mol. The molecule has 0 spiro atoms. The summed E-state index contributed by atoms with van der Waals surface area (Å²) < 4.78 is 71.7. The Morgan fingerprint density at radius 1 is 1.07 bits per heavy atom. The number of rotatable bonds is 16. The molecule has 4 aliphatic carbocycles. The average Bonchev–Trinajstić information content (AvgIpc) is 3.25. The monoisotopic (exact) mass is 592 g/mol. The number of carbonyl (C=O) groups is 2. The van der Waals surface area contributed by atoms with E-state index >= 15 is 0 Å². The smallest absolute Gasteiger partial charge is 0.390 e. The summed E-state index contributed by atoms with van der Waals surface area (Å²) in [5.74, 6) is -1.19. The van der Waals surface area contributed by atoms with E-state index in [1.807, 2.05) is 0 Å².